The number of piperidine rings is 1. The largest absolute Gasteiger partial charge is 0.497 e. The molecule has 2 aromatic rings. The van der Waals surface area contributed by atoms with Crippen LogP contribution in [0.2, 0.25) is 0 Å². The monoisotopic (exact) mass is 406 g/mol. The number of nitrogens with zero attached hydrogens (tertiary/aromatic N) is 4. The molecule has 1 fully saturated rings. The predicted molar refractivity (Wildman–Crippen MR) is 106 cm³/mol. The lowest BCUT2D eigenvalue weighted by atomic mass is 9.97. The molecule has 9 heteroatoms. The Hall–Kier alpha value is -2.39. The summed E-state index contributed by atoms with van der Waals surface area (Å²) in [4.78, 5) is 13.9. The molecule has 0 bridgehead atoms. The average molecular weight is 407 g/mol. The number of hydrogen-bond donors (Lipinski definition) is 0. The van der Waals surface area contributed by atoms with Gasteiger partial charge in [0.15, 0.2) is 10.6 Å². The van der Waals surface area contributed by atoms with Gasteiger partial charge in [-0.15, -0.1) is 0 Å². The second-order valence-corrected chi connectivity index (χ2v) is 7.14. The van der Waals surface area contributed by atoms with Gasteiger partial charge in [0.25, 0.3) is 0 Å². The van der Waals surface area contributed by atoms with Crippen molar-refractivity contribution < 1.29 is 19.0 Å². The molecule has 0 atom stereocenters. The molecule has 1 saturated heterocycles. The Labute approximate surface area is 169 Å². The molecule has 2 heterocycles. The number of benzene rings is 1. The third kappa shape index (κ3) is 4.71. The first kappa shape index (κ1) is 20.3. The van der Waals surface area contributed by atoms with Gasteiger partial charge in [0, 0.05) is 20.1 Å². The highest BCUT2D eigenvalue weighted by Crippen LogP contribution is 2.20. The smallest absolute Gasteiger partial charge is 0.308 e. The number of carbonyl (C=O) groups is 1. The molecule has 3 rings (SSSR count). The zero-order valence-electron chi connectivity index (χ0n) is 16.5. The standard InChI is InChI=1S/C19H26N4O4S/c1-21-17(12-27-16-6-4-15(25-2)5-7-16)20-23(19(21)28)13-22-10-8-14(9-11-22)18(24)26-3/h4-7,14H,8-13H2,1-3H3. The van der Waals surface area contributed by atoms with E-state index in [1.807, 2.05) is 35.9 Å². The van der Waals surface area contributed by atoms with Crippen molar-refractivity contribution in [3.63, 3.8) is 0 Å². The van der Waals surface area contributed by atoms with Gasteiger partial charge in [-0.05, 0) is 49.3 Å². The first-order chi connectivity index (χ1) is 13.5. The molecule has 0 saturated carbocycles. The zero-order valence-corrected chi connectivity index (χ0v) is 17.3. The molecule has 1 aliphatic rings. The predicted octanol–water partition coefficient (Wildman–Crippen LogP) is 2.38. The Morgan fingerprint density at radius 3 is 2.43 bits per heavy atom. The molecule has 8 nitrogen and oxygen atoms in total. The van der Waals surface area contributed by atoms with E-state index in [9.17, 15) is 4.79 Å². The van der Waals surface area contributed by atoms with Crippen molar-refractivity contribution in [2.75, 3.05) is 27.3 Å². The number of esters is 1. The van der Waals surface area contributed by atoms with Crippen LogP contribution in [0.1, 0.15) is 18.7 Å². The van der Waals surface area contributed by atoms with Gasteiger partial charge in [-0.2, -0.15) is 5.10 Å². The highest BCUT2D eigenvalue weighted by atomic mass is 32.1. The molecular weight excluding hydrogens is 380 g/mol. The summed E-state index contributed by atoms with van der Waals surface area (Å²) in [5, 5.41) is 4.61. The second-order valence-electron chi connectivity index (χ2n) is 6.78. The molecular formula is C19H26N4O4S. The summed E-state index contributed by atoms with van der Waals surface area (Å²) < 4.78 is 20.1. The number of aromatic nitrogens is 3. The maximum Gasteiger partial charge on any atom is 0.308 e. The fraction of sp³-hybridized carbons (Fsp3) is 0.526. The quantitative estimate of drug-likeness (QED) is 0.516. The molecule has 0 radical (unpaired) electrons. The first-order valence-corrected chi connectivity index (χ1v) is 9.62. The number of rotatable bonds is 7. The van der Waals surface area contributed by atoms with Crippen LogP contribution in [0, 0.1) is 10.7 Å². The van der Waals surface area contributed by atoms with Gasteiger partial charge in [-0.25, -0.2) is 4.68 Å². The third-order valence-electron chi connectivity index (χ3n) is 5.01. The van der Waals surface area contributed by atoms with E-state index >= 15 is 0 Å². The number of carbonyl (C=O) groups excluding carboxylic acids is 1. The molecule has 0 aliphatic carbocycles. The number of likely N-dealkylation sites (tertiary alicyclic amines) is 1. The number of methoxy groups -OCH3 is 2. The fourth-order valence-corrected chi connectivity index (χ4v) is 3.44. The molecule has 152 valence electrons. The molecule has 0 unspecified atom stereocenters. The molecule has 1 aliphatic heterocycles. The highest BCUT2D eigenvalue weighted by Gasteiger charge is 2.26. The van der Waals surface area contributed by atoms with E-state index < -0.39 is 0 Å². The summed E-state index contributed by atoms with van der Waals surface area (Å²) in [7, 11) is 4.96. The summed E-state index contributed by atoms with van der Waals surface area (Å²) >= 11 is 5.52. The van der Waals surface area contributed by atoms with E-state index in [1.165, 1.54) is 7.11 Å². The molecule has 28 heavy (non-hydrogen) atoms. The van der Waals surface area contributed by atoms with Crippen molar-refractivity contribution in [2.45, 2.75) is 26.1 Å². The molecule has 0 amide bonds. The van der Waals surface area contributed by atoms with Crippen LogP contribution >= 0.6 is 12.2 Å². The minimum absolute atomic E-state index is 0.00795. The maximum atomic E-state index is 11.7. The summed E-state index contributed by atoms with van der Waals surface area (Å²) in [5.74, 6) is 2.15. The number of ether oxygens (including phenoxy) is 3. The lowest BCUT2D eigenvalue weighted by Gasteiger charge is -2.30. The van der Waals surface area contributed by atoms with E-state index in [4.69, 9.17) is 26.4 Å². The van der Waals surface area contributed by atoms with Gasteiger partial charge in [-0.1, -0.05) is 0 Å². The van der Waals surface area contributed by atoms with E-state index in [2.05, 4.69) is 10.00 Å². The van der Waals surface area contributed by atoms with Crippen LogP contribution in [0.3, 0.4) is 0 Å². The van der Waals surface area contributed by atoms with Gasteiger partial charge in [0.1, 0.15) is 18.1 Å². The van der Waals surface area contributed by atoms with Crippen molar-refractivity contribution in [1.29, 1.82) is 0 Å². The van der Waals surface area contributed by atoms with Gasteiger partial charge in [0.05, 0.1) is 26.8 Å². The molecule has 1 aromatic carbocycles. The van der Waals surface area contributed by atoms with Gasteiger partial charge in [0.2, 0.25) is 0 Å². The maximum absolute atomic E-state index is 11.7. The van der Waals surface area contributed by atoms with Crippen molar-refractivity contribution in [3.05, 3.63) is 34.9 Å². The van der Waals surface area contributed by atoms with Crippen LogP contribution in [-0.2, 0) is 29.9 Å². The normalized spacial score (nSPS) is 15.4. The van der Waals surface area contributed by atoms with Gasteiger partial charge < -0.3 is 18.8 Å². The molecule has 1 aromatic heterocycles. The Bertz CT molecular complexity index is 854. The number of hydrogen-bond acceptors (Lipinski definition) is 7. The minimum Gasteiger partial charge on any atom is -0.497 e. The lowest BCUT2D eigenvalue weighted by Crippen LogP contribution is -2.38. The van der Waals surface area contributed by atoms with E-state index in [-0.39, 0.29) is 11.9 Å². The van der Waals surface area contributed by atoms with Crippen LogP contribution in [0.15, 0.2) is 24.3 Å². The summed E-state index contributed by atoms with van der Waals surface area (Å²) in [5.41, 5.74) is 0. The highest BCUT2D eigenvalue weighted by molar-refractivity contribution is 7.71. The summed E-state index contributed by atoms with van der Waals surface area (Å²) in [6.45, 7) is 2.55. The van der Waals surface area contributed by atoms with Crippen LogP contribution in [0.25, 0.3) is 0 Å². The van der Waals surface area contributed by atoms with Gasteiger partial charge >= 0.3 is 5.97 Å². The fourth-order valence-electron chi connectivity index (χ4n) is 3.24. The average Bonchev–Trinajstić information content (AvgIpc) is 3.00. The Morgan fingerprint density at radius 1 is 1.18 bits per heavy atom. The summed E-state index contributed by atoms with van der Waals surface area (Å²) in [6, 6.07) is 7.42. The van der Waals surface area contributed by atoms with E-state index in [1.54, 1.807) is 11.8 Å². The Morgan fingerprint density at radius 2 is 1.82 bits per heavy atom. The van der Waals surface area contributed by atoms with Gasteiger partial charge in [-0.3, -0.25) is 9.69 Å². The van der Waals surface area contributed by atoms with Crippen molar-refractivity contribution >= 4 is 18.2 Å². The van der Waals surface area contributed by atoms with Crippen molar-refractivity contribution in [1.82, 2.24) is 19.2 Å². The van der Waals surface area contributed by atoms with Crippen molar-refractivity contribution in [2.24, 2.45) is 13.0 Å². The Balaban J connectivity index is 1.58. The zero-order chi connectivity index (χ0) is 20.1. The summed E-state index contributed by atoms with van der Waals surface area (Å²) in [6.07, 6.45) is 1.58. The van der Waals surface area contributed by atoms with Crippen LogP contribution in [0.4, 0.5) is 0 Å². The van der Waals surface area contributed by atoms with Crippen LogP contribution in [0.5, 0.6) is 11.5 Å². The van der Waals surface area contributed by atoms with Crippen LogP contribution < -0.4 is 9.47 Å². The topological polar surface area (TPSA) is 70.8 Å². The first-order valence-electron chi connectivity index (χ1n) is 9.21. The lowest BCUT2D eigenvalue weighted by molar-refractivity contribution is -0.147. The minimum atomic E-state index is -0.118. The second kappa shape index (κ2) is 9.20. The van der Waals surface area contributed by atoms with E-state index in [0.29, 0.717) is 18.0 Å². The van der Waals surface area contributed by atoms with Crippen molar-refractivity contribution in [3.8, 4) is 11.5 Å². The van der Waals surface area contributed by atoms with Crippen LogP contribution in [-0.4, -0.2) is 52.5 Å². The Kier molecular flexibility index (Phi) is 6.69. The molecule has 0 N–H and O–H groups in total. The third-order valence-corrected chi connectivity index (χ3v) is 5.50. The van der Waals surface area contributed by atoms with E-state index in [0.717, 1.165) is 43.3 Å². The molecule has 0 spiro atoms. The SMILES string of the molecule is COC(=O)C1CCN(Cn2nc(COc3ccc(OC)cc3)n(C)c2=S)CC1.